The normalized spacial score (nSPS) is 11.3. The fourth-order valence-corrected chi connectivity index (χ4v) is 3.68. The smallest absolute Gasteiger partial charge is 0.281 e. The van der Waals surface area contributed by atoms with Gasteiger partial charge >= 0.3 is 0 Å². The van der Waals surface area contributed by atoms with Crippen molar-refractivity contribution in [2.75, 3.05) is 4.72 Å². The van der Waals surface area contributed by atoms with Crippen molar-refractivity contribution in [2.24, 2.45) is 0 Å². The molecule has 3 aromatic rings. The molecule has 0 saturated carbocycles. The van der Waals surface area contributed by atoms with Crippen LogP contribution < -0.4 is 9.46 Å². The Labute approximate surface area is 160 Å². The van der Waals surface area contributed by atoms with Crippen LogP contribution in [0.4, 0.5) is 5.69 Å². The molecule has 1 aromatic heterocycles. The molecule has 0 spiro atoms. The van der Waals surface area contributed by atoms with Crippen molar-refractivity contribution in [1.82, 2.24) is 9.55 Å². The molecule has 8 heteroatoms. The van der Waals surface area contributed by atoms with Crippen LogP contribution >= 0.6 is 22.6 Å². The third kappa shape index (κ3) is 4.31. The van der Waals surface area contributed by atoms with E-state index in [1.165, 1.54) is 12.5 Å². The number of para-hydroxylation sites is 2. The molecule has 0 aliphatic rings. The van der Waals surface area contributed by atoms with E-state index in [1.54, 1.807) is 28.8 Å². The van der Waals surface area contributed by atoms with E-state index < -0.39 is 10.0 Å². The number of sulfonamides is 1. The van der Waals surface area contributed by atoms with Crippen molar-refractivity contribution < 1.29 is 13.2 Å². The van der Waals surface area contributed by atoms with E-state index in [-0.39, 0.29) is 5.03 Å². The molecule has 3 rings (SSSR count). The van der Waals surface area contributed by atoms with E-state index in [2.05, 4.69) is 32.3 Å². The summed E-state index contributed by atoms with van der Waals surface area (Å²) in [5.74, 6) is 1.05. The summed E-state index contributed by atoms with van der Waals surface area (Å²) in [5.41, 5.74) is 0.354. The van der Waals surface area contributed by atoms with Gasteiger partial charge in [-0.05, 0) is 59.8 Å². The molecule has 0 aliphatic carbocycles. The molecular formula is C17H16IN3O3S. The zero-order valence-corrected chi connectivity index (χ0v) is 16.4. The van der Waals surface area contributed by atoms with Crippen molar-refractivity contribution in [3.8, 4) is 11.5 Å². The second-order valence-corrected chi connectivity index (χ2v) is 8.08. The van der Waals surface area contributed by atoms with E-state index in [0.717, 1.165) is 3.57 Å². The summed E-state index contributed by atoms with van der Waals surface area (Å²) >= 11 is 2.19. The minimum atomic E-state index is -3.79. The van der Waals surface area contributed by atoms with Crippen molar-refractivity contribution in [3.05, 3.63) is 64.6 Å². The highest BCUT2D eigenvalue weighted by molar-refractivity contribution is 14.1. The number of halogens is 1. The van der Waals surface area contributed by atoms with Crippen LogP contribution in [0.2, 0.25) is 0 Å². The first kappa shape index (κ1) is 17.7. The highest BCUT2D eigenvalue weighted by Crippen LogP contribution is 2.31. The number of hydrogen-bond donors (Lipinski definition) is 1. The zero-order valence-electron chi connectivity index (χ0n) is 13.4. The summed E-state index contributed by atoms with van der Waals surface area (Å²) in [5, 5.41) is -0.0292. The summed E-state index contributed by atoms with van der Waals surface area (Å²) < 4.78 is 36.2. The Hall–Kier alpha value is -2.07. The van der Waals surface area contributed by atoms with Gasteiger partial charge in [-0.25, -0.2) is 4.98 Å². The first-order valence-corrected chi connectivity index (χ1v) is 10.1. The second-order valence-electron chi connectivity index (χ2n) is 5.20. The Balaban J connectivity index is 1.88. The second kappa shape index (κ2) is 7.44. The topological polar surface area (TPSA) is 73.2 Å². The van der Waals surface area contributed by atoms with Gasteiger partial charge in [0.15, 0.2) is 10.8 Å². The minimum Gasteiger partial charge on any atom is -0.455 e. The Morgan fingerprint density at radius 1 is 1.20 bits per heavy atom. The van der Waals surface area contributed by atoms with Crippen LogP contribution in [0.1, 0.15) is 6.92 Å². The molecule has 0 amide bonds. The maximum absolute atomic E-state index is 12.5. The predicted octanol–water partition coefficient (Wildman–Crippen LogP) is 4.10. The Morgan fingerprint density at radius 2 is 2.00 bits per heavy atom. The number of nitrogens with one attached hydrogen (secondary N) is 1. The highest BCUT2D eigenvalue weighted by atomic mass is 127. The quantitative estimate of drug-likeness (QED) is 0.552. The monoisotopic (exact) mass is 469 g/mol. The number of aryl methyl sites for hydroxylation is 1. The van der Waals surface area contributed by atoms with Crippen LogP contribution in [0.3, 0.4) is 0 Å². The molecule has 130 valence electrons. The summed E-state index contributed by atoms with van der Waals surface area (Å²) in [6.45, 7) is 2.56. The third-order valence-electron chi connectivity index (χ3n) is 3.41. The number of benzene rings is 2. The van der Waals surface area contributed by atoms with Crippen LogP contribution in [0.25, 0.3) is 0 Å². The van der Waals surface area contributed by atoms with E-state index >= 15 is 0 Å². The van der Waals surface area contributed by atoms with Gasteiger partial charge in [0, 0.05) is 16.3 Å². The lowest BCUT2D eigenvalue weighted by molar-refractivity contribution is 0.484. The van der Waals surface area contributed by atoms with Crippen molar-refractivity contribution in [1.29, 1.82) is 0 Å². The molecule has 0 unspecified atom stereocenters. The minimum absolute atomic E-state index is 0.0292. The summed E-state index contributed by atoms with van der Waals surface area (Å²) in [7, 11) is -3.79. The van der Waals surface area contributed by atoms with Gasteiger partial charge in [0.1, 0.15) is 5.75 Å². The Kier molecular flexibility index (Phi) is 5.28. The first-order valence-electron chi connectivity index (χ1n) is 7.55. The SMILES string of the molecule is CCn1cnc(S(=O)(=O)Nc2ccccc2Oc2cccc(I)c2)c1. The van der Waals surface area contributed by atoms with Gasteiger partial charge in [0.2, 0.25) is 0 Å². The lowest BCUT2D eigenvalue weighted by Crippen LogP contribution is -2.14. The van der Waals surface area contributed by atoms with Crippen LogP contribution in [0.15, 0.2) is 66.1 Å². The highest BCUT2D eigenvalue weighted by Gasteiger charge is 2.19. The molecule has 0 atom stereocenters. The van der Waals surface area contributed by atoms with Gasteiger partial charge in [-0.1, -0.05) is 18.2 Å². The molecule has 2 aromatic carbocycles. The molecule has 1 N–H and O–H groups in total. The predicted molar refractivity (Wildman–Crippen MR) is 104 cm³/mol. The molecule has 0 bridgehead atoms. The van der Waals surface area contributed by atoms with Gasteiger partial charge in [-0.15, -0.1) is 0 Å². The van der Waals surface area contributed by atoms with Gasteiger partial charge < -0.3 is 9.30 Å². The molecule has 0 fully saturated rings. The number of rotatable bonds is 6. The van der Waals surface area contributed by atoms with Crippen LogP contribution in [-0.2, 0) is 16.6 Å². The first-order chi connectivity index (χ1) is 12.0. The zero-order chi connectivity index (χ0) is 17.9. The number of anilines is 1. The average Bonchev–Trinajstić information content (AvgIpc) is 3.07. The molecule has 6 nitrogen and oxygen atoms in total. The van der Waals surface area contributed by atoms with E-state index in [9.17, 15) is 8.42 Å². The van der Waals surface area contributed by atoms with E-state index in [4.69, 9.17) is 4.74 Å². The lowest BCUT2D eigenvalue weighted by Gasteiger charge is -2.12. The fourth-order valence-electron chi connectivity index (χ4n) is 2.15. The number of nitrogens with zero attached hydrogens (tertiary/aromatic N) is 2. The standard InChI is InChI=1S/C17H16IN3O3S/c1-2-21-11-17(19-12-21)25(22,23)20-15-8-3-4-9-16(15)24-14-7-5-6-13(18)10-14/h3-12,20H,2H2,1H3. The number of aromatic nitrogens is 2. The largest absolute Gasteiger partial charge is 0.455 e. The third-order valence-corrected chi connectivity index (χ3v) is 5.33. The number of ether oxygens (including phenoxy) is 1. The molecule has 0 saturated heterocycles. The Bertz CT molecular complexity index is 986. The molecule has 0 aliphatic heterocycles. The lowest BCUT2D eigenvalue weighted by atomic mass is 10.3. The van der Waals surface area contributed by atoms with E-state index in [1.807, 2.05) is 31.2 Å². The van der Waals surface area contributed by atoms with Crippen LogP contribution in [-0.4, -0.2) is 18.0 Å². The fraction of sp³-hybridized carbons (Fsp3) is 0.118. The molecular weight excluding hydrogens is 453 g/mol. The summed E-state index contributed by atoms with van der Waals surface area (Å²) in [6.07, 6.45) is 2.98. The number of hydrogen-bond acceptors (Lipinski definition) is 4. The summed E-state index contributed by atoms with van der Waals surface area (Å²) in [6, 6.07) is 14.4. The maximum atomic E-state index is 12.5. The van der Waals surface area contributed by atoms with Gasteiger partial charge in [0.05, 0.1) is 12.0 Å². The van der Waals surface area contributed by atoms with E-state index in [0.29, 0.717) is 23.7 Å². The Morgan fingerprint density at radius 3 is 2.72 bits per heavy atom. The van der Waals surface area contributed by atoms with Crippen molar-refractivity contribution in [2.45, 2.75) is 18.5 Å². The molecule has 25 heavy (non-hydrogen) atoms. The molecule has 0 radical (unpaired) electrons. The van der Waals surface area contributed by atoms with Gasteiger partial charge in [-0.3, -0.25) is 4.72 Å². The average molecular weight is 469 g/mol. The van der Waals surface area contributed by atoms with Crippen molar-refractivity contribution >= 4 is 38.3 Å². The van der Waals surface area contributed by atoms with Crippen LogP contribution in [0, 0.1) is 3.57 Å². The number of imidazole rings is 1. The summed E-state index contributed by atoms with van der Waals surface area (Å²) in [4.78, 5) is 3.95. The van der Waals surface area contributed by atoms with Gasteiger partial charge in [0.25, 0.3) is 10.0 Å². The van der Waals surface area contributed by atoms with Gasteiger partial charge in [-0.2, -0.15) is 8.42 Å². The van der Waals surface area contributed by atoms with Crippen LogP contribution in [0.5, 0.6) is 11.5 Å². The maximum Gasteiger partial charge on any atom is 0.281 e. The van der Waals surface area contributed by atoms with Crippen molar-refractivity contribution in [3.63, 3.8) is 0 Å². The molecule has 1 heterocycles.